The number of hydrogen-bond acceptors (Lipinski definition) is 5. The first-order chi connectivity index (χ1) is 12.8. The third-order valence-corrected chi connectivity index (χ3v) is 7.06. The van der Waals surface area contributed by atoms with Crippen LogP contribution in [0.1, 0.15) is 43.7 Å². The van der Waals surface area contributed by atoms with Crippen LogP contribution in [0.5, 0.6) is 0 Å². The highest BCUT2D eigenvalue weighted by molar-refractivity contribution is 7.89. The van der Waals surface area contributed by atoms with Crippen LogP contribution in [0.4, 0.5) is 0 Å². The van der Waals surface area contributed by atoms with E-state index in [1.807, 2.05) is 38.1 Å². The topological polar surface area (TPSA) is 88.1 Å². The van der Waals surface area contributed by atoms with Crippen molar-refractivity contribution in [3.05, 3.63) is 35.4 Å². The smallest absolute Gasteiger partial charge is 0.269 e. The molecule has 2 aliphatic rings. The Morgan fingerprint density at radius 3 is 2.78 bits per heavy atom. The van der Waals surface area contributed by atoms with E-state index in [0.29, 0.717) is 44.5 Å². The summed E-state index contributed by atoms with van der Waals surface area (Å²) in [7, 11) is -3.28. The van der Waals surface area contributed by atoms with Crippen LogP contribution < -0.4 is 5.32 Å². The molecule has 2 heterocycles. The fourth-order valence-electron chi connectivity index (χ4n) is 3.53. The summed E-state index contributed by atoms with van der Waals surface area (Å²) in [6, 6.07) is 7.95. The Bertz CT molecular complexity index is 820. The summed E-state index contributed by atoms with van der Waals surface area (Å²) in [6.07, 6.45) is 2.32. The van der Waals surface area contributed by atoms with E-state index in [1.54, 1.807) is 0 Å². The maximum atomic E-state index is 12.4. The molecule has 0 aromatic heterocycles. The van der Waals surface area contributed by atoms with Crippen molar-refractivity contribution in [3.63, 3.8) is 0 Å². The molecule has 1 aromatic carbocycles. The molecule has 1 saturated heterocycles. The molecule has 0 radical (unpaired) electrons. The van der Waals surface area contributed by atoms with E-state index in [-0.39, 0.29) is 18.2 Å². The quantitative estimate of drug-likeness (QED) is 0.800. The predicted molar refractivity (Wildman–Crippen MR) is 104 cm³/mol. The maximum absolute atomic E-state index is 12.4. The predicted octanol–water partition coefficient (Wildman–Crippen LogP) is 1.96. The lowest BCUT2D eigenvalue weighted by molar-refractivity contribution is -0.115. The molecule has 7 nitrogen and oxygen atoms in total. The average molecular weight is 394 g/mol. The van der Waals surface area contributed by atoms with Crippen molar-refractivity contribution < 1.29 is 18.0 Å². The molecular formula is C19H27N3O4S. The summed E-state index contributed by atoms with van der Waals surface area (Å²) in [6.45, 7) is 5.04. The summed E-state index contributed by atoms with van der Waals surface area (Å²) in [5, 5.41) is 6.85. The highest BCUT2D eigenvalue weighted by atomic mass is 32.2. The van der Waals surface area contributed by atoms with Crippen LogP contribution in [-0.4, -0.2) is 48.8 Å². The van der Waals surface area contributed by atoms with Gasteiger partial charge in [-0.1, -0.05) is 41.9 Å². The van der Waals surface area contributed by atoms with Crippen LogP contribution in [0, 0.1) is 6.92 Å². The molecule has 0 unspecified atom stereocenters. The number of hydrogen-bond donors (Lipinski definition) is 1. The molecule has 2 aliphatic heterocycles. The van der Waals surface area contributed by atoms with Crippen LogP contribution >= 0.6 is 0 Å². The number of piperidine rings is 1. The van der Waals surface area contributed by atoms with E-state index in [4.69, 9.17) is 4.84 Å². The Hall–Kier alpha value is -1.93. The van der Waals surface area contributed by atoms with Crippen LogP contribution in [0.15, 0.2) is 29.4 Å². The van der Waals surface area contributed by atoms with Gasteiger partial charge in [0.25, 0.3) is 5.91 Å². The molecule has 1 amide bonds. The van der Waals surface area contributed by atoms with Crippen molar-refractivity contribution in [3.8, 4) is 0 Å². The highest BCUT2D eigenvalue weighted by Crippen LogP contribution is 2.34. The van der Waals surface area contributed by atoms with Gasteiger partial charge >= 0.3 is 0 Å². The summed E-state index contributed by atoms with van der Waals surface area (Å²) < 4.78 is 26.2. The SMILES string of the molecule is CCCS(=O)(=O)N1CCC[C@]2(CC(C(=O)NCc3ccc(C)cc3)=NO2)C1. The molecule has 1 atom stereocenters. The first kappa shape index (κ1) is 19.8. The first-order valence-electron chi connectivity index (χ1n) is 9.40. The second-order valence-corrected chi connectivity index (χ2v) is 9.50. The van der Waals surface area contributed by atoms with Gasteiger partial charge in [0.2, 0.25) is 10.0 Å². The monoisotopic (exact) mass is 393 g/mol. The number of oxime groups is 1. The van der Waals surface area contributed by atoms with Gasteiger partial charge in [-0.25, -0.2) is 8.42 Å². The van der Waals surface area contributed by atoms with E-state index in [1.165, 1.54) is 9.87 Å². The van der Waals surface area contributed by atoms with Gasteiger partial charge in [-0.3, -0.25) is 4.79 Å². The number of benzene rings is 1. The van der Waals surface area contributed by atoms with E-state index >= 15 is 0 Å². The lowest BCUT2D eigenvalue weighted by atomic mass is 9.89. The second kappa shape index (κ2) is 7.98. The van der Waals surface area contributed by atoms with Crippen molar-refractivity contribution >= 4 is 21.6 Å². The number of carbonyl (C=O) groups is 1. The summed E-state index contributed by atoms with van der Waals surface area (Å²) >= 11 is 0. The molecule has 3 rings (SSSR count). The van der Waals surface area contributed by atoms with Gasteiger partial charge < -0.3 is 10.2 Å². The molecular weight excluding hydrogens is 366 g/mol. The van der Waals surface area contributed by atoms with E-state index < -0.39 is 15.6 Å². The molecule has 1 spiro atoms. The minimum atomic E-state index is -3.28. The number of sulfonamides is 1. The molecule has 1 fully saturated rings. The fourth-order valence-corrected chi connectivity index (χ4v) is 5.15. The molecule has 8 heteroatoms. The molecule has 1 aromatic rings. The zero-order valence-electron chi connectivity index (χ0n) is 15.9. The van der Waals surface area contributed by atoms with Crippen molar-refractivity contribution in [2.45, 2.75) is 51.7 Å². The Morgan fingerprint density at radius 2 is 2.07 bits per heavy atom. The number of amides is 1. The second-order valence-electron chi connectivity index (χ2n) is 7.41. The number of aryl methyl sites for hydroxylation is 1. The average Bonchev–Trinajstić information content (AvgIpc) is 3.04. The minimum Gasteiger partial charge on any atom is -0.387 e. The minimum absolute atomic E-state index is 0.133. The van der Waals surface area contributed by atoms with Crippen molar-refractivity contribution in [1.82, 2.24) is 9.62 Å². The summed E-state index contributed by atoms with van der Waals surface area (Å²) in [5.41, 5.74) is 1.80. The highest BCUT2D eigenvalue weighted by Gasteiger charge is 2.46. The van der Waals surface area contributed by atoms with Crippen LogP contribution in [0.25, 0.3) is 0 Å². The van der Waals surface area contributed by atoms with Gasteiger partial charge in [-0.05, 0) is 31.7 Å². The molecule has 0 saturated carbocycles. The largest absolute Gasteiger partial charge is 0.387 e. The number of rotatable bonds is 6. The lowest BCUT2D eigenvalue weighted by Crippen LogP contribution is -2.51. The molecule has 1 N–H and O–H groups in total. The third-order valence-electron chi connectivity index (χ3n) is 5.03. The van der Waals surface area contributed by atoms with Gasteiger partial charge in [0.05, 0.1) is 12.3 Å². The number of nitrogens with zero attached hydrogens (tertiary/aromatic N) is 2. The van der Waals surface area contributed by atoms with Gasteiger partial charge in [0, 0.05) is 19.5 Å². The Balaban J connectivity index is 1.58. The normalized spacial score (nSPS) is 23.1. The van der Waals surface area contributed by atoms with Crippen molar-refractivity contribution in [2.24, 2.45) is 5.16 Å². The van der Waals surface area contributed by atoms with Crippen molar-refractivity contribution in [2.75, 3.05) is 18.8 Å². The van der Waals surface area contributed by atoms with E-state index in [2.05, 4.69) is 10.5 Å². The van der Waals surface area contributed by atoms with Crippen LogP contribution in [0.2, 0.25) is 0 Å². The van der Waals surface area contributed by atoms with Crippen LogP contribution in [0.3, 0.4) is 0 Å². The molecule has 27 heavy (non-hydrogen) atoms. The van der Waals surface area contributed by atoms with Gasteiger partial charge in [-0.15, -0.1) is 0 Å². The standard InChI is InChI=1S/C19H27N3O4S/c1-3-11-27(24,25)22-10-4-9-19(14-22)12-17(21-26-19)18(23)20-13-16-7-5-15(2)6-8-16/h5-8H,3-4,9-14H2,1-2H3,(H,20,23)/t19-/m0/s1. The Morgan fingerprint density at radius 1 is 1.33 bits per heavy atom. The zero-order valence-corrected chi connectivity index (χ0v) is 16.7. The maximum Gasteiger partial charge on any atom is 0.269 e. The Kier molecular flexibility index (Phi) is 5.86. The Labute approximate surface area is 160 Å². The van der Waals surface area contributed by atoms with Gasteiger partial charge in [-0.2, -0.15) is 4.31 Å². The lowest BCUT2D eigenvalue weighted by Gasteiger charge is -2.37. The summed E-state index contributed by atoms with van der Waals surface area (Å²) in [4.78, 5) is 18.0. The first-order valence-corrected chi connectivity index (χ1v) is 11.0. The number of carbonyl (C=O) groups excluding carboxylic acids is 1. The van der Waals surface area contributed by atoms with Gasteiger partial charge in [0.15, 0.2) is 5.60 Å². The molecule has 0 aliphatic carbocycles. The third kappa shape index (κ3) is 4.68. The fraction of sp³-hybridized carbons (Fsp3) is 0.579. The van der Waals surface area contributed by atoms with E-state index in [0.717, 1.165) is 5.56 Å². The number of nitrogens with one attached hydrogen (secondary N) is 1. The van der Waals surface area contributed by atoms with Gasteiger partial charge in [0.1, 0.15) is 5.71 Å². The van der Waals surface area contributed by atoms with Crippen molar-refractivity contribution in [1.29, 1.82) is 0 Å². The van der Waals surface area contributed by atoms with E-state index in [9.17, 15) is 13.2 Å². The summed E-state index contributed by atoms with van der Waals surface area (Å²) in [5.74, 6) is -0.130. The zero-order chi connectivity index (χ0) is 19.5. The molecule has 0 bridgehead atoms. The molecule has 148 valence electrons. The van der Waals surface area contributed by atoms with Crippen LogP contribution in [-0.2, 0) is 26.2 Å².